The van der Waals surface area contributed by atoms with Crippen molar-refractivity contribution in [3.8, 4) is 11.8 Å². The summed E-state index contributed by atoms with van der Waals surface area (Å²) in [6, 6.07) is 8.24. The Morgan fingerprint density at radius 1 is 1.47 bits per heavy atom. The Morgan fingerprint density at radius 2 is 2.33 bits per heavy atom. The number of rotatable bonds is 2. The molecule has 76 valence electrons. The molecule has 0 heterocycles. The van der Waals surface area contributed by atoms with E-state index in [1.807, 2.05) is 25.1 Å². The van der Waals surface area contributed by atoms with Gasteiger partial charge in [0.25, 0.3) is 0 Å². The van der Waals surface area contributed by atoms with Crippen LogP contribution in [0.2, 0.25) is 0 Å². The number of ether oxygens (including phenoxy) is 1. The van der Waals surface area contributed by atoms with E-state index in [1.165, 1.54) is 5.56 Å². The maximum atomic E-state index is 9.00. The fraction of sp³-hybridized carbons (Fsp3) is 0.308. The number of hydrogen-bond donors (Lipinski definition) is 0. The third-order valence-corrected chi connectivity index (χ3v) is 2.57. The van der Waals surface area contributed by atoms with Crippen molar-refractivity contribution in [2.24, 2.45) is 0 Å². The first-order valence-corrected chi connectivity index (χ1v) is 5.21. The first-order valence-electron chi connectivity index (χ1n) is 5.21. The molecule has 0 saturated carbocycles. The predicted molar refractivity (Wildman–Crippen MR) is 59.5 cm³/mol. The van der Waals surface area contributed by atoms with E-state index in [4.69, 9.17) is 10.00 Å². The largest absolute Gasteiger partial charge is 0.494 e. The zero-order valence-electron chi connectivity index (χ0n) is 8.79. The van der Waals surface area contributed by atoms with E-state index in [0.717, 1.165) is 29.7 Å². The Balaban J connectivity index is 2.43. The van der Waals surface area contributed by atoms with Gasteiger partial charge in [0.05, 0.1) is 18.2 Å². The van der Waals surface area contributed by atoms with Crippen LogP contribution in [0, 0.1) is 11.3 Å². The molecule has 0 radical (unpaired) electrons. The van der Waals surface area contributed by atoms with Gasteiger partial charge in [0, 0.05) is 0 Å². The molecule has 0 aromatic heterocycles. The standard InChI is InChI=1S/C13H13NO/c1-2-15-12-7-6-10-4-3-5-11(9-14)13(10)8-12/h5-8H,2-4H2,1H3. The molecule has 0 fully saturated rings. The molecule has 2 nitrogen and oxygen atoms in total. The number of nitriles is 1. The smallest absolute Gasteiger partial charge is 0.119 e. The molecule has 2 heteroatoms. The topological polar surface area (TPSA) is 33.0 Å². The van der Waals surface area contributed by atoms with Crippen LogP contribution in [0.15, 0.2) is 24.3 Å². The molecule has 0 N–H and O–H groups in total. The summed E-state index contributed by atoms with van der Waals surface area (Å²) < 4.78 is 5.43. The van der Waals surface area contributed by atoms with Gasteiger partial charge in [0.2, 0.25) is 0 Å². The van der Waals surface area contributed by atoms with Gasteiger partial charge in [0.1, 0.15) is 5.75 Å². The average Bonchev–Trinajstić information content (AvgIpc) is 2.28. The number of hydrogen-bond acceptors (Lipinski definition) is 2. The summed E-state index contributed by atoms with van der Waals surface area (Å²) >= 11 is 0. The fourth-order valence-electron chi connectivity index (χ4n) is 1.87. The highest BCUT2D eigenvalue weighted by molar-refractivity contribution is 5.80. The molecule has 0 spiro atoms. The monoisotopic (exact) mass is 199 g/mol. The number of nitrogens with zero attached hydrogens (tertiary/aromatic N) is 1. The van der Waals surface area contributed by atoms with E-state index in [-0.39, 0.29) is 0 Å². The Labute approximate surface area is 89.8 Å². The second-order valence-corrected chi connectivity index (χ2v) is 3.52. The lowest BCUT2D eigenvalue weighted by molar-refractivity contribution is 0.340. The van der Waals surface area contributed by atoms with Crippen LogP contribution in [0.25, 0.3) is 5.57 Å². The van der Waals surface area contributed by atoms with Crippen LogP contribution in [0.3, 0.4) is 0 Å². The minimum Gasteiger partial charge on any atom is -0.494 e. The van der Waals surface area contributed by atoms with Gasteiger partial charge in [-0.2, -0.15) is 5.26 Å². The number of fused-ring (bicyclic) bond motifs is 1. The first-order chi connectivity index (χ1) is 7.35. The maximum absolute atomic E-state index is 9.00. The van der Waals surface area contributed by atoms with Gasteiger partial charge < -0.3 is 4.74 Å². The number of benzene rings is 1. The third-order valence-electron chi connectivity index (χ3n) is 2.57. The van der Waals surface area contributed by atoms with Gasteiger partial charge in [-0.1, -0.05) is 12.1 Å². The molecule has 1 aromatic rings. The predicted octanol–water partition coefficient (Wildman–Crippen LogP) is 2.94. The van der Waals surface area contributed by atoms with Crippen LogP contribution >= 0.6 is 0 Å². The highest BCUT2D eigenvalue weighted by Crippen LogP contribution is 2.29. The van der Waals surface area contributed by atoms with Gasteiger partial charge in [-0.3, -0.25) is 0 Å². The molecule has 1 aliphatic rings. The summed E-state index contributed by atoms with van der Waals surface area (Å²) in [5.74, 6) is 0.847. The second-order valence-electron chi connectivity index (χ2n) is 3.52. The lowest BCUT2D eigenvalue weighted by Gasteiger charge is -2.14. The molecule has 0 unspecified atom stereocenters. The Bertz CT molecular complexity index is 440. The van der Waals surface area contributed by atoms with Crippen molar-refractivity contribution in [3.05, 3.63) is 35.4 Å². The van der Waals surface area contributed by atoms with E-state index in [9.17, 15) is 0 Å². The highest BCUT2D eigenvalue weighted by Gasteiger charge is 2.12. The molecule has 1 aromatic carbocycles. The highest BCUT2D eigenvalue weighted by atomic mass is 16.5. The summed E-state index contributed by atoms with van der Waals surface area (Å²) in [6.45, 7) is 2.62. The first kappa shape index (κ1) is 9.79. The van der Waals surface area contributed by atoms with Crippen LogP contribution in [0.1, 0.15) is 24.5 Å². The molecule has 0 saturated heterocycles. The summed E-state index contributed by atoms with van der Waals surface area (Å²) in [6.07, 6.45) is 3.98. The minimum atomic E-state index is 0.657. The summed E-state index contributed by atoms with van der Waals surface area (Å²) in [5.41, 5.74) is 3.06. The van der Waals surface area contributed by atoms with Crippen molar-refractivity contribution in [2.45, 2.75) is 19.8 Å². The quantitative estimate of drug-likeness (QED) is 0.733. The van der Waals surface area contributed by atoms with E-state index >= 15 is 0 Å². The Kier molecular flexibility index (Phi) is 2.73. The second kappa shape index (κ2) is 4.18. The van der Waals surface area contributed by atoms with Crippen LogP contribution in [-0.2, 0) is 6.42 Å². The normalized spacial score (nSPS) is 13.7. The van der Waals surface area contributed by atoms with E-state index < -0.39 is 0 Å². The molecule has 0 bridgehead atoms. The van der Waals surface area contributed by atoms with Gasteiger partial charge in [-0.25, -0.2) is 0 Å². The molecule has 15 heavy (non-hydrogen) atoms. The SMILES string of the molecule is CCOc1ccc2c(c1)C(C#N)=CCC2. The van der Waals surface area contributed by atoms with Gasteiger partial charge in [-0.05, 0) is 43.0 Å². The molecule has 1 aliphatic carbocycles. The van der Waals surface area contributed by atoms with E-state index in [2.05, 4.69) is 12.1 Å². The van der Waals surface area contributed by atoms with E-state index in [1.54, 1.807) is 0 Å². The summed E-state index contributed by atoms with van der Waals surface area (Å²) in [4.78, 5) is 0. The van der Waals surface area contributed by atoms with Crippen molar-refractivity contribution in [2.75, 3.05) is 6.61 Å². The Hall–Kier alpha value is -1.75. The van der Waals surface area contributed by atoms with Crippen LogP contribution in [-0.4, -0.2) is 6.61 Å². The zero-order chi connectivity index (χ0) is 10.7. The van der Waals surface area contributed by atoms with Crippen molar-refractivity contribution >= 4 is 5.57 Å². The average molecular weight is 199 g/mol. The summed E-state index contributed by atoms with van der Waals surface area (Å²) in [7, 11) is 0. The minimum absolute atomic E-state index is 0.657. The van der Waals surface area contributed by atoms with Crippen molar-refractivity contribution in [1.82, 2.24) is 0 Å². The van der Waals surface area contributed by atoms with Crippen molar-refractivity contribution in [3.63, 3.8) is 0 Å². The molecule has 0 atom stereocenters. The molecule has 0 amide bonds. The van der Waals surface area contributed by atoms with Crippen LogP contribution < -0.4 is 4.74 Å². The summed E-state index contributed by atoms with van der Waals surface area (Å²) in [5, 5.41) is 9.00. The van der Waals surface area contributed by atoms with Crippen molar-refractivity contribution in [1.29, 1.82) is 5.26 Å². The van der Waals surface area contributed by atoms with E-state index in [0.29, 0.717) is 6.61 Å². The lowest BCUT2D eigenvalue weighted by atomic mass is 9.91. The third kappa shape index (κ3) is 1.87. The lowest BCUT2D eigenvalue weighted by Crippen LogP contribution is -2.00. The number of aryl methyl sites for hydroxylation is 1. The Morgan fingerprint density at radius 3 is 3.07 bits per heavy atom. The zero-order valence-corrected chi connectivity index (χ0v) is 8.79. The molecule has 0 aliphatic heterocycles. The fourth-order valence-corrected chi connectivity index (χ4v) is 1.87. The van der Waals surface area contributed by atoms with Gasteiger partial charge >= 0.3 is 0 Å². The number of allylic oxidation sites excluding steroid dienone is 2. The van der Waals surface area contributed by atoms with Crippen LogP contribution in [0.4, 0.5) is 0 Å². The molecular formula is C13H13NO. The van der Waals surface area contributed by atoms with Gasteiger partial charge in [0.15, 0.2) is 0 Å². The van der Waals surface area contributed by atoms with Crippen molar-refractivity contribution < 1.29 is 4.74 Å². The maximum Gasteiger partial charge on any atom is 0.119 e. The van der Waals surface area contributed by atoms with Crippen LogP contribution in [0.5, 0.6) is 5.75 Å². The molecular weight excluding hydrogens is 186 g/mol. The molecule has 2 rings (SSSR count). The van der Waals surface area contributed by atoms with Gasteiger partial charge in [-0.15, -0.1) is 0 Å².